The number of nitrogens with one attached hydrogen (secondary N) is 1. The number of halogens is 1. The molecule has 0 radical (unpaired) electrons. The summed E-state index contributed by atoms with van der Waals surface area (Å²) in [6.45, 7) is 5.37. The van der Waals surface area contributed by atoms with Crippen LogP contribution in [-0.2, 0) is 0 Å². The Morgan fingerprint density at radius 1 is 1.42 bits per heavy atom. The molecule has 0 aromatic carbocycles. The van der Waals surface area contributed by atoms with E-state index in [0.29, 0.717) is 23.2 Å². The van der Waals surface area contributed by atoms with E-state index < -0.39 is 0 Å². The lowest BCUT2D eigenvalue weighted by Gasteiger charge is -2.07. The molecule has 1 saturated carbocycles. The molecule has 0 amide bonds. The van der Waals surface area contributed by atoms with E-state index in [4.69, 9.17) is 11.6 Å². The largest absolute Gasteiger partial charge is 0.354 e. The fourth-order valence-electron chi connectivity index (χ4n) is 2.05. The van der Waals surface area contributed by atoms with Crippen LogP contribution in [0.15, 0.2) is 18.5 Å². The van der Waals surface area contributed by atoms with E-state index in [9.17, 15) is 0 Å². The summed E-state index contributed by atoms with van der Waals surface area (Å²) in [5.74, 6) is 1.58. The van der Waals surface area contributed by atoms with Gasteiger partial charge in [0.15, 0.2) is 0 Å². The van der Waals surface area contributed by atoms with Gasteiger partial charge in [-0.15, -0.1) is 0 Å². The highest BCUT2D eigenvalue weighted by Gasteiger charge is 2.45. The molecule has 1 fully saturated rings. The van der Waals surface area contributed by atoms with E-state index in [1.54, 1.807) is 23.1 Å². The van der Waals surface area contributed by atoms with E-state index in [1.807, 2.05) is 0 Å². The fourth-order valence-corrected chi connectivity index (χ4v) is 2.20. The molecule has 3 rings (SSSR count). The zero-order valence-corrected chi connectivity index (χ0v) is 11.6. The Balaban J connectivity index is 1.75. The quantitative estimate of drug-likeness (QED) is 0.928. The van der Waals surface area contributed by atoms with E-state index in [2.05, 4.69) is 39.2 Å². The van der Waals surface area contributed by atoms with Gasteiger partial charge in [-0.2, -0.15) is 20.1 Å². The first-order valence-electron chi connectivity index (χ1n) is 6.20. The molecule has 1 aliphatic rings. The molecule has 19 heavy (non-hydrogen) atoms. The second-order valence-corrected chi connectivity index (χ2v) is 5.79. The average Bonchev–Trinajstić information content (AvgIpc) is 2.81. The predicted octanol–water partition coefficient (Wildman–Crippen LogP) is 2.17. The monoisotopic (exact) mass is 278 g/mol. The van der Waals surface area contributed by atoms with Crippen molar-refractivity contribution in [3.63, 3.8) is 0 Å². The maximum absolute atomic E-state index is 5.91. The van der Waals surface area contributed by atoms with Gasteiger partial charge in [0, 0.05) is 18.9 Å². The molecule has 1 atom stereocenters. The van der Waals surface area contributed by atoms with Crippen LogP contribution < -0.4 is 5.32 Å². The molecular formula is C12H15ClN6. The van der Waals surface area contributed by atoms with Gasteiger partial charge >= 0.3 is 0 Å². The van der Waals surface area contributed by atoms with Crippen molar-refractivity contribution in [2.45, 2.75) is 20.3 Å². The zero-order valence-electron chi connectivity index (χ0n) is 10.8. The minimum absolute atomic E-state index is 0.165. The molecular weight excluding hydrogens is 264 g/mol. The molecule has 2 aromatic rings. The Kier molecular flexibility index (Phi) is 2.89. The third-order valence-electron chi connectivity index (χ3n) is 3.53. The summed E-state index contributed by atoms with van der Waals surface area (Å²) in [4.78, 5) is 12.4. The molecule has 1 unspecified atom stereocenters. The maximum atomic E-state index is 5.91. The second kappa shape index (κ2) is 4.45. The van der Waals surface area contributed by atoms with Crippen molar-refractivity contribution in [3.8, 4) is 5.95 Å². The number of rotatable bonds is 4. The molecule has 1 aliphatic carbocycles. The zero-order chi connectivity index (χ0) is 13.5. The van der Waals surface area contributed by atoms with Crippen molar-refractivity contribution in [3.05, 3.63) is 23.7 Å². The van der Waals surface area contributed by atoms with Gasteiger partial charge in [-0.1, -0.05) is 13.8 Å². The standard InChI is InChI=1S/C12H15ClN6/c1-12(2)6-8(12)7-14-10-16-9(13)17-11(18-10)19-5-3-4-15-19/h3-5,8H,6-7H2,1-2H3,(H,14,16,17,18). The Morgan fingerprint density at radius 3 is 2.84 bits per heavy atom. The number of anilines is 1. The van der Waals surface area contributed by atoms with Crippen molar-refractivity contribution in [2.24, 2.45) is 11.3 Å². The Morgan fingerprint density at radius 2 is 2.21 bits per heavy atom. The Bertz CT molecular complexity index is 580. The SMILES string of the molecule is CC1(C)CC1CNc1nc(Cl)nc(-n2cccn2)n1. The van der Waals surface area contributed by atoms with E-state index >= 15 is 0 Å². The number of hydrogen-bond donors (Lipinski definition) is 1. The lowest BCUT2D eigenvalue weighted by molar-refractivity contribution is 0.572. The summed E-state index contributed by atoms with van der Waals surface area (Å²) < 4.78 is 1.56. The molecule has 0 spiro atoms. The molecule has 1 N–H and O–H groups in total. The molecule has 100 valence electrons. The van der Waals surface area contributed by atoms with Gasteiger partial charge in [0.1, 0.15) is 0 Å². The number of nitrogens with zero attached hydrogens (tertiary/aromatic N) is 5. The van der Waals surface area contributed by atoms with Crippen LogP contribution in [0.25, 0.3) is 5.95 Å². The van der Waals surface area contributed by atoms with Gasteiger partial charge in [-0.3, -0.25) is 0 Å². The first-order chi connectivity index (χ1) is 9.04. The third kappa shape index (κ3) is 2.68. The van der Waals surface area contributed by atoms with Crippen molar-refractivity contribution in [2.75, 3.05) is 11.9 Å². The highest BCUT2D eigenvalue weighted by atomic mass is 35.5. The van der Waals surface area contributed by atoms with E-state index in [1.165, 1.54) is 6.42 Å². The molecule has 7 heteroatoms. The van der Waals surface area contributed by atoms with Gasteiger partial charge in [-0.05, 0) is 35.4 Å². The lowest BCUT2D eigenvalue weighted by atomic mass is 10.1. The van der Waals surface area contributed by atoms with Crippen molar-refractivity contribution in [1.29, 1.82) is 0 Å². The van der Waals surface area contributed by atoms with E-state index in [-0.39, 0.29) is 5.28 Å². The van der Waals surface area contributed by atoms with Gasteiger partial charge in [-0.25, -0.2) is 4.68 Å². The lowest BCUT2D eigenvalue weighted by Crippen LogP contribution is -2.12. The Hall–Kier alpha value is -1.69. The van der Waals surface area contributed by atoms with Crippen LogP contribution in [0.1, 0.15) is 20.3 Å². The second-order valence-electron chi connectivity index (χ2n) is 5.45. The predicted molar refractivity (Wildman–Crippen MR) is 72.3 cm³/mol. The van der Waals surface area contributed by atoms with Crippen LogP contribution in [0.5, 0.6) is 0 Å². The highest BCUT2D eigenvalue weighted by molar-refractivity contribution is 6.28. The number of hydrogen-bond acceptors (Lipinski definition) is 5. The highest BCUT2D eigenvalue weighted by Crippen LogP contribution is 2.51. The normalized spacial score (nSPS) is 20.3. The van der Waals surface area contributed by atoms with Gasteiger partial charge in [0.25, 0.3) is 5.95 Å². The summed E-state index contributed by atoms with van der Waals surface area (Å²) in [6, 6.07) is 1.80. The summed E-state index contributed by atoms with van der Waals surface area (Å²) in [7, 11) is 0. The third-order valence-corrected chi connectivity index (χ3v) is 3.70. The summed E-state index contributed by atoms with van der Waals surface area (Å²) in [6.07, 6.45) is 4.65. The Labute approximate surface area is 116 Å². The molecule has 0 bridgehead atoms. The van der Waals surface area contributed by atoms with Crippen molar-refractivity contribution < 1.29 is 0 Å². The number of aromatic nitrogens is 5. The van der Waals surface area contributed by atoms with Crippen LogP contribution in [0.2, 0.25) is 5.28 Å². The molecule has 0 aliphatic heterocycles. The average molecular weight is 279 g/mol. The topological polar surface area (TPSA) is 68.5 Å². The van der Waals surface area contributed by atoms with Crippen molar-refractivity contribution >= 4 is 17.5 Å². The first kappa shape index (κ1) is 12.3. The molecule has 6 nitrogen and oxygen atoms in total. The van der Waals surface area contributed by atoms with Crippen LogP contribution >= 0.6 is 11.6 Å². The van der Waals surface area contributed by atoms with Crippen LogP contribution in [0, 0.1) is 11.3 Å². The maximum Gasteiger partial charge on any atom is 0.256 e. The van der Waals surface area contributed by atoms with Gasteiger partial charge < -0.3 is 5.32 Å². The van der Waals surface area contributed by atoms with Crippen LogP contribution in [-0.4, -0.2) is 31.3 Å². The van der Waals surface area contributed by atoms with Crippen LogP contribution in [0.4, 0.5) is 5.95 Å². The summed E-state index contributed by atoms with van der Waals surface area (Å²) in [5, 5.41) is 7.46. The smallest absolute Gasteiger partial charge is 0.256 e. The fraction of sp³-hybridized carbons (Fsp3) is 0.500. The van der Waals surface area contributed by atoms with Crippen LogP contribution in [0.3, 0.4) is 0 Å². The minimum Gasteiger partial charge on any atom is -0.354 e. The van der Waals surface area contributed by atoms with Crippen molar-refractivity contribution in [1.82, 2.24) is 24.7 Å². The minimum atomic E-state index is 0.165. The van der Waals surface area contributed by atoms with Gasteiger partial charge in [0.2, 0.25) is 11.2 Å². The molecule has 2 aromatic heterocycles. The molecule has 0 saturated heterocycles. The first-order valence-corrected chi connectivity index (χ1v) is 6.58. The summed E-state index contributed by atoms with van der Waals surface area (Å²) >= 11 is 5.91. The molecule has 2 heterocycles. The van der Waals surface area contributed by atoms with E-state index in [0.717, 1.165) is 6.54 Å². The van der Waals surface area contributed by atoms with Gasteiger partial charge in [0.05, 0.1) is 0 Å². The summed E-state index contributed by atoms with van der Waals surface area (Å²) in [5.41, 5.74) is 0.425.